The molecule has 2 heteroatoms. The lowest BCUT2D eigenvalue weighted by Crippen LogP contribution is -2.29. The van der Waals surface area contributed by atoms with Gasteiger partial charge in [0.15, 0.2) is 0 Å². The van der Waals surface area contributed by atoms with Gasteiger partial charge in [0.2, 0.25) is 0 Å². The minimum atomic E-state index is -0.0708. The Labute approximate surface area is 332 Å². The molecule has 2 fully saturated rings. The van der Waals surface area contributed by atoms with Crippen molar-refractivity contribution in [2.45, 2.75) is 77.0 Å². The van der Waals surface area contributed by atoms with Gasteiger partial charge in [-0.2, -0.15) is 0 Å². The highest BCUT2D eigenvalue weighted by Gasteiger charge is 2.38. The maximum atomic E-state index is 2.64. The monoisotopic (exact) mass is 728 g/mol. The summed E-state index contributed by atoms with van der Waals surface area (Å²) in [7, 11) is 0. The Morgan fingerprint density at radius 1 is 0.357 bits per heavy atom. The molecule has 278 valence electrons. The summed E-state index contributed by atoms with van der Waals surface area (Å²) in [6, 6.07) is 47.7. The van der Waals surface area contributed by atoms with Gasteiger partial charge < -0.3 is 9.80 Å². The Morgan fingerprint density at radius 2 is 0.857 bits per heavy atom. The van der Waals surface area contributed by atoms with Crippen LogP contribution in [0.1, 0.15) is 88.5 Å². The first-order valence-corrected chi connectivity index (χ1v) is 21.3. The molecule has 2 heterocycles. The van der Waals surface area contributed by atoms with E-state index in [9.17, 15) is 0 Å². The van der Waals surface area contributed by atoms with Crippen molar-refractivity contribution in [1.29, 1.82) is 0 Å². The Kier molecular flexibility index (Phi) is 7.63. The van der Waals surface area contributed by atoms with Crippen molar-refractivity contribution in [2.75, 3.05) is 36.0 Å². The molecule has 7 aromatic rings. The molecule has 2 aliphatic heterocycles. The number of rotatable bonds is 4. The minimum absolute atomic E-state index is 0.0668. The number of hydrogen-bond acceptors (Lipinski definition) is 2. The maximum Gasteiger partial charge on any atom is 0.0372 e. The van der Waals surface area contributed by atoms with E-state index in [1.807, 2.05) is 0 Å². The summed E-state index contributed by atoms with van der Waals surface area (Å²) in [5, 5.41) is 5.42. The summed E-state index contributed by atoms with van der Waals surface area (Å²) in [6.45, 7) is 14.2. The zero-order valence-corrected chi connectivity index (χ0v) is 33.5. The summed E-state index contributed by atoms with van der Waals surface area (Å²) in [4.78, 5) is 5.27. The minimum Gasteiger partial charge on any atom is -0.372 e. The van der Waals surface area contributed by atoms with E-state index in [1.165, 1.54) is 138 Å². The fraction of sp³-hybridized carbons (Fsp3) is 0.296. The standard InChI is InChI=1S/C54H52N2/c1-53(2)47-20-10-8-17-42(47)52-43(18-15-21-48(52)53)51-41-27-24-36(55-28-11-5-12-29-55)33-44(41)50(40-26-23-37(34-45(40)51)56-30-13-6-14-31-56)35-22-25-39-38-16-7-9-19-46(38)54(3,4)49(39)32-35/h7-10,15-27,32-34H,5-6,11-14,28-31H2,1-4H3. The van der Waals surface area contributed by atoms with Crippen LogP contribution in [0, 0.1) is 0 Å². The Hall–Kier alpha value is -5.34. The Bertz CT molecular complexity index is 2720. The third-order valence-electron chi connectivity index (χ3n) is 14.3. The predicted molar refractivity (Wildman–Crippen MR) is 240 cm³/mol. The van der Waals surface area contributed by atoms with Gasteiger partial charge in [-0.25, -0.2) is 0 Å². The van der Waals surface area contributed by atoms with Gasteiger partial charge in [-0.05, 0) is 157 Å². The van der Waals surface area contributed by atoms with Gasteiger partial charge >= 0.3 is 0 Å². The molecule has 0 aromatic heterocycles. The smallest absolute Gasteiger partial charge is 0.0372 e. The summed E-state index contributed by atoms with van der Waals surface area (Å²) in [5.74, 6) is 0. The van der Waals surface area contributed by atoms with E-state index >= 15 is 0 Å². The largest absolute Gasteiger partial charge is 0.372 e. The van der Waals surface area contributed by atoms with E-state index in [4.69, 9.17) is 0 Å². The molecule has 0 radical (unpaired) electrons. The molecule has 4 aliphatic rings. The second kappa shape index (κ2) is 12.6. The average molecular weight is 729 g/mol. The average Bonchev–Trinajstić information content (AvgIpc) is 3.62. The number of hydrogen-bond donors (Lipinski definition) is 0. The number of anilines is 2. The third-order valence-corrected chi connectivity index (χ3v) is 14.3. The molecule has 2 nitrogen and oxygen atoms in total. The predicted octanol–water partition coefficient (Wildman–Crippen LogP) is 13.9. The molecule has 11 rings (SSSR count). The zero-order chi connectivity index (χ0) is 37.8. The number of fused-ring (bicyclic) bond motifs is 8. The van der Waals surface area contributed by atoms with E-state index in [-0.39, 0.29) is 10.8 Å². The van der Waals surface area contributed by atoms with Crippen LogP contribution in [-0.4, -0.2) is 26.2 Å². The van der Waals surface area contributed by atoms with Crippen molar-refractivity contribution >= 4 is 32.9 Å². The fourth-order valence-electron chi connectivity index (χ4n) is 11.3. The Morgan fingerprint density at radius 3 is 1.52 bits per heavy atom. The van der Waals surface area contributed by atoms with Crippen molar-refractivity contribution in [1.82, 2.24) is 0 Å². The van der Waals surface area contributed by atoms with Gasteiger partial charge in [0, 0.05) is 48.4 Å². The van der Waals surface area contributed by atoms with Crippen LogP contribution in [0.15, 0.2) is 121 Å². The first kappa shape index (κ1) is 34.0. The lowest BCUT2D eigenvalue weighted by Gasteiger charge is -2.31. The van der Waals surface area contributed by atoms with Crippen LogP contribution in [0.2, 0.25) is 0 Å². The molecule has 56 heavy (non-hydrogen) atoms. The summed E-state index contributed by atoms with van der Waals surface area (Å²) in [5.41, 5.74) is 19.2. The lowest BCUT2D eigenvalue weighted by molar-refractivity contribution is 0.578. The summed E-state index contributed by atoms with van der Waals surface area (Å²) < 4.78 is 0. The van der Waals surface area contributed by atoms with E-state index in [0.29, 0.717) is 0 Å². The van der Waals surface area contributed by atoms with Crippen LogP contribution in [0.25, 0.3) is 66.1 Å². The molecule has 2 saturated heterocycles. The normalized spacial score (nSPS) is 17.9. The highest BCUT2D eigenvalue weighted by Crippen LogP contribution is 2.56. The van der Waals surface area contributed by atoms with Crippen LogP contribution in [0.4, 0.5) is 11.4 Å². The molecule has 0 spiro atoms. The van der Waals surface area contributed by atoms with E-state index in [2.05, 4.69) is 159 Å². The van der Waals surface area contributed by atoms with Gasteiger partial charge in [-0.15, -0.1) is 0 Å². The molecule has 0 N–H and O–H groups in total. The van der Waals surface area contributed by atoms with Gasteiger partial charge in [0.25, 0.3) is 0 Å². The van der Waals surface area contributed by atoms with Gasteiger partial charge in [-0.3, -0.25) is 0 Å². The topological polar surface area (TPSA) is 6.48 Å². The first-order valence-electron chi connectivity index (χ1n) is 21.3. The van der Waals surface area contributed by atoms with E-state index in [1.54, 1.807) is 0 Å². The van der Waals surface area contributed by atoms with E-state index < -0.39 is 0 Å². The van der Waals surface area contributed by atoms with Crippen LogP contribution >= 0.6 is 0 Å². The second-order valence-electron chi connectivity index (χ2n) is 18.1. The van der Waals surface area contributed by atoms with Crippen LogP contribution in [0.5, 0.6) is 0 Å². The van der Waals surface area contributed by atoms with Crippen molar-refractivity contribution in [3.63, 3.8) is 0 Å². The van der Waals surface area contributed by atoms with Crippen molar-refractivity contribution in [2.24, 2.45) is 0 Å². The highest BCUT2D eigenvalue weighted by atomic mass is 15.1. The second-order valence-corrected chi connectivity index (χ2v) is 18.1. The molecular weight excluding hydrogens is 677 g/mol. The van der Waals surface area contributed by atoms with Crippen molar-refractivity contribution in [3.8, 4) is 44.5 Å². The number of benzene rings is 7. The number of piperidine rings is 2. The lowest BCUT2D eigenvalue weighted by atomic mass is 9.79. The maximum absolute atomic E-state index is 2.64. The van der Waals surface area contributed by atoms with Crippen molar-refractivity contribution < 1.29 is 0 Å². The van der Waals surface area contributed by atoms with Crippen molar-refractivity contribution in [3.05, 3.63) is 144 Å². The number of nitrogens with zero attached hydrogens (tertiary/aromatic N) is 2. The molecule has 2 aliphatic carbocycles. The molecule has 7 aromatic carbocycles. The fourth-order valence-corrected chi connectivity index (χ4v) is 11.3. The van der Waals surface area contributed by atoms with Crippen LogP contribution < -0.4 is 9.80 Å². The van der Waals surface area contributed by atoms with E-state index in [0.717, 1.165) is 26.2 Å². The Balaban J connectivity index is 1.25. The molecule has 0 atom stereocenters. The SMILES string of the molecule is CC1(C)c2ccccc2-c2ccc(-c3c4cc(N5CCCCC5)ccc4c(-c4cccc5c4-c4ccccc4C5(C)C)c4cc(N5CCCCC5)ccc34)cc21. The van der Waals surface area contributed by atoms with Gasteiger partial charge in [-0.1, -0.05) is 119 Å². The quantitative estimate of drug-likeness (QED) is 0.167. The zero-order valence-electron chi connectivity index (χ0n) is 33.5. The van der Waals surface area contributed by atoms with Gasteiger partial charge in [0.1, 0.15) is 0 Å². The molecule has 0 bridgehead atoms. The van der Waals surface area contributed by atoms with Crippen LogP contribution in [0.3, 0.4) is 0 Å². The molecular formula is C54H52N2. The summed E-state index contributed by atoms with van der Waals surface area (Å²) >= 11 is 0. The highest BCUT2D eigenvalue weighted by molar-refractivity contribution is 6.24. The first-order chi connectivity index (χ1) is 27.3. The molecule has 0 unspecified atom stereocenters. The third kappa shape index (κ3) is 4.93. The van der Waals surface area contributed by atoms with Gasteiger partial charge in [0.05, 0.1) is 0 Å². The molecule has 0 saturated carbocycles. The van der Waals surface area contributed by atoms with Crippen LogP contribution in [-0.2, 0) is 10.8 Å². The molecule has 0 amide bonds. The summed E-state index contributed by atoms with van der Waals surface area (Å²) in [6.07, 6.45) is 7.70.